The van der Waals surface area contributed by atoms with Crippen LogP contribution in [0, 0.1) is 0 Å². The maximum absolute atomic E-state index is 11.8. The first-order chi connectivity index (χ1) is 13.2. The van der Waals surface area contributed by atoms with Crippen molar-refractivity contribution in [2.24, 2.45) is 5.73 Å². The molecular formula is C16H18N8O2S. The number of carbonyl (C=O) groups is 1. The summed E-state index contributed by atoms with van der Waals surface area (Å²) in [4.78, 5) is 23.7. The van der Waals surface area contributed by atoms with Gasteiger partial charge in [0.05, 0.1) is 36.4 Å². The van der Waals surface area contributed by atoms with Gasteiger partial charge in [-0.2, -0.15) is 15.4 Å². The first-order valence-corrected chi connectivity index (χ1v) is 9.19. The normalized spacial score (nSPS) is 15.0. The number of hydrogen-bond donors (Lipinski definition) is 3. The molecule has 4 rings (SSSR count). The van der Waals surface area contributed by atoms with Crippen LogP contribution < -0.4 is 11.1 Å². The van der Waals surface area contributed by atoms with E-state index in [9.17, 15) is 4.79 Å². The molecule has 0 bridgehead atoms. The van der Waals surface area contributed by atoms with Crippen molar-refractivity contribution in [2.45, 2.75) is 6.54 Å². The second kappa shape index (κ2) is 7.78. The lowest BCUT2D eigenvalue weighted by Gasteiger charge is -2.25. The van der Waals surface area contributed by atoms with Crippen LogP contribution in [0.2, 0.25) is 0 Å². The average molecular weight is 386 g/mol. The summed E-state index contributed by atoms with van der Waals surface area (Å²) < 4.78 is 5.36. The van der Waals surface area contributed by atoms with Crippen LogP contribution in [-0.4, -0.2) is 62.5 Å². The summed E-state index contributed by atoms with van der Waals surface area (Å²) in [5.41, 5.74) is 6.55. The van der Waals surface area contributed by atoms with Crippen LogP contribution in [-0.2, 0) is 11.3 Å². The fraction of sp³-hybridized carbons (Fsp3) is 0.312. The molecule has 3 aromatic heterocycles. The predicted octanol–water partition coefficient (Wildman–Crippen LogP) is 0.998. The number of rotatable bonds is 6. The van der Waals surface area contributed by atoms with Crippen molar-refractivity contribution in [3.05, 3.63) is 35.9 Å². The molecule has 1 amide bonds. The topological polar surface area (TPSA) is 135 Å². The van der Waals surface area contributed by atoms with Crippen molar-refractivity contribution < 1.29 is 9.53 Å². The van der Waals surface area contributed by atoms with Gasteiger partial charge in [-0.25, -0.2) is 9.97 Å². The van der Waals surface area contributed by atoms with E-state index in [1.165, 1.54) is 11.3 Å². The molecule has 1 aliphatic rings. The van der Waals surface area contributed by atoms with Gasteiger partial charge in [-0.3, -0.25) is 9.69 Å². The first kappa shape index (κ1) is 17.5. The number of aromatic amines is 1. The fourth-order valence-corrected chi connectivity index (χ4v) is 3.76. The van der Waals surface area contributed by atoms with E-state index in [0.717, 1.165) is 31.2 Å². The standard InChI is InChI=1S/C16H18N8O2S/c17-15(25)10-7-12(11-8-19-23-22-11)27-16(10)21-13-1-2-18-14(20-13)9-24-3-5-26-6-4-24/h1-2,7-8H,3-6,9H2,(H2,17,25)(H,18,20,21)(H,19,22,23). The quantitative estimate of drug-likeness (QED) is 0.571. The van der Waals surface area contributed by atoms with E-state index in [1.54, 1.807) is 24.5 Å². The third-order valence-corrected chi connectivity index (χ3v) is 5.15. The summed E-state index contributed by atoms with van der Waals surface area (Å²) in [7, 11) is 0. The van der Waals surface area contributed by atoms with Crippen molar-refractivity contribution in [1.29, 1.82) is 0 Å². The van der Waals surface area contributed by atoms with Crippen LogP contribution in [0.1, 0.15) is 16.2 Å². The van der Waals surface area contributed by atoms with Crippen LogP contribution in [0.5, 0.6) is 0 Å². The number of nitrogens with zero attached hydrogens (tertiary/aromatic N) is 5. The number of hydrogen-bond acceptors (Lipinski definition) is 9. The van der Waals surface area contributed by atoms with Gasteiger partial charge in [-0.1, -0.05) is 0 Å². The summed E-state index contributed by atoms with van der Waals surface area (Å²) in [6.07, 6.45) is 3.28. The van der Waals surface area contributed by atoms with E-state index in [1.807, 2.05) is 0 Å². The van der Waals surface area contributed by atoms with Crippen molar-refractivity contribution in [2.75, 3.05) is 31.6 Å². The van der Waals surface area contributed by atoms with E-state index in [2.05, 4.69) is 35.6 Å². The Bertz CT molecular complexity index is 920. The van der Waals surface area contributed by atoms with Crippen LogP contribution in [0.25, 0.3) is 10.6 Å². The number of anilines is 2. The third-order valence-electron chi connectivity index (χ3n) is 4.08. The molecule has 0 aliphatic carbocycles. The van der Waals surface area contributed by atoms with Gasteiger partial charge in [0.1, 0.15) is 22.3 Å². The number of thiophene rings is 1. The molecule has 140 valence electrons. The van der Waals surface area contributed by atoms with Gasteiger partial charge < -0.3 is 15.8 Å². The molecule has 0 aromatic carbocycles. The molecule has 1 saturated heterocycles. The number of ether oxygens (including phenoxy) is 1. The lowest BCUT2D eigenvalue weighted by Crippen LogP contribution is -2.36. The van der Waals surface area contributed by atoms with Gasteiger partial charge >= 0.3 is 0 Å². The molecule has 3 aromatic rings. The molecule has 1 aliphatic heterocycles. The third kappa shape index (κ3) is 4.10. The number of carbonyl (C=O) groups excluding carboxylic acids is 1. The van der Waals surface area contributed by atoms with E-state index in [0.29, 0.717) is 34.4 Å². The van der Waals surface area contributed by atoms with Crippen LogP contribution in [0.4, 0.5) is 10.8 Å². The van der Waals surface area contributed by atoms with E-state index in [-0.39, 0.29) is 0 Å². The minimum absolute atomic E-state index is 0.381. The summed E-state index contributed by atoms with van der Waals surface area (Å²) in [5.74, 6) is 0.784. The zero-order valence-electron chi connectivity index (χ0n) is 14.4. The number of nitrogens with two attached hydrogens (primary N) is 1. The zero-order valence-corrected chi connectivity index (χ0v) is 15.2. The summed E-state index contributed by atoms with van der Waals surface area (Å²) in [6, 6.07) is 3.45. The highest BCUT2D eigenvalue weighted by Gasteiger charge is 2.17. The van der Waals surface area contributed by atoms with Crippen LogP contribution >= 0.6 is 11.3 Å². The number of morpholine rings is 1. The van der Waals surface area contributed by atoms with Gasteiger partial charge in [-0.05, 0) is 12.1 Å². The maximum Gasteiger partial charge on any atom is 0.251 e. The molecule has 11 heteroatoms. The Labute approximate surface area is 158 Å². The van der Waals surface area contributed by atoms with Gasteiger partial charge in [0, 0.05) is 19.3 Å². The van der Waals surface area contributed by atoms with Gasteiger partial charge in [-0.15, -0.1) is 11.3 Å². The predicted molar refractivity (Wildman–Crippen MR) is 99.6 cm³/mol. The molecule has 0 spiro atoms. The number of nitrogens with one attached hydrogen (secondary N) is 2. The van der Waals surface area contributed by atoms with E-state index < -0.39 is 5.91 Å². The maximum atomic E-state index is 11.8. The molecule has 0 radical (unpaired) electrons. The number of amides is 1. The SMILES string of the molecule is NC(=O)c1cc(-c2cn[nH]n2)sc1Nc1ccnc(CN2CCOCC2)n1. The Balaban J connectivity index is 1.55. The molecule has 4 heterocycles. The highest BCUT2D eigenvalue weighted by atomic mass is 32.1. The minimum atomic E-state index is -0.522. The summed E-state index contributed by atoms with van der Waals surface area (Å²) in [5, 5.41) is 14.2. The van der Waals surface area contributed by atoms with Crippen molar-refractivity contribution in [3.8, 4) is 10.6 Å². The molecule has 1 fully saturated rings. The summed E-state index contributed by atoms with van der Waals surface area (Å²) in [6.45, 7) is 3.81. The smallest absolute Gasteiger partial charge is 0.251 e. The van der Waals surface area contributed by atoms with Crippen molar-refractivity contribution >= 4 is 28.1 Å². The van der Waals surface area contributed by atoms with Crippen molar-refractivity contribution in [1.82, 2.24) is 30.3 Å². The number of primary amides is 1. The Morgan fingerprint density at radius 2 is 2.26 bits per heavy atom. The lowest BCUT2D eigenvalue weighted by molar-refractivity contribution is 0.0331. The molecule has 0 atom stereocenters. The molecule has 27 heavy (non-hydrogen) atoms. The monoisotopic (exact) mass is 386 g/mol. The Hall–Kier alpha value is -2.89. The molecule has 0 unspecified atom stereocenters. The summed E-state index contributed by atoms with van der Waals surface area (Å²) >= 11 is 1.36. The van der Waals surface area contributed by atoms with Crippen LogP contribution in [0.3, 0.4) is 0 Å². The molecule has 0 saturated carbocycles. The minimum Gasteiger partial charge on any atom is -0.379 e. The van der Waals surface area contributed by atoms with E-state index in [4.69, 9.17) is 10.5 Å². The first-order valence-electron chi connectivity index (χ1n) is 8.38. The van der Waals surface area contributed by atoms with Crippen molar-refractivity contribution in [3.63, 3.8) is 0 Å². The lowest BCUT2D eigenvalue weighted by atomic mass is 10.2. The zero-order chi connectivity index (χ0) is 18.6. The molecular weight excluding hydrogens is 368 g/mol. The highest BCUT2D eigenvalue weighted by Crippen LogP contribution is 2.35. The Morgan fingerprint density at radius 3 is 3.00 bits per heavy atom. The molecule has 10 nitrogen and oxygen atoms in total. The average Bonchev–Trinajstić information content (AvgIpc) is 3.32. The van der Waals surface area contributed by atoms with Gasteiger partial charge in [0.2, 0.25) is 0 Å². The number of H-pyrrole nitrogens is 1. The number of aromatic nitrogens is 5. The second-order valence-corrected chi connectivity index (χ2v) is 7.00. The Kier molecular flexibility index (Phi) is 5.05. The Morgan fingerprint density at radius 1 is 1.41 bits per heavy atom. The fourth-order valence-electron chi connectivity index (χ4n) is 2.73. The van der Waals surface area contributed by atoms with Gasteiger partial charge in [0.25, 0.3) is 5.91 Å². The molecule has 4 N–H and O–H groups in total. The van der Waals surface area contributed by atoms with Crippen LogP contribution in [0.15, 0.2) is 24.5 Å². The second-order valence-electron chi connectivity index (χ2n) is 5.94. The van der Waals surface area contributed by atoms with E-state index >= 15 is 0 Å². The highest BCUT2D eigenvalue weighted by molar-refractivity contribution is 7.19. The largest absolute Gasteiger partial charge is 0.379 e. The van der Waals surface area contributed by atoms with Gasteiger partial charge in [0.15, 0.2) is 0 Å².